The number of aromatic hydroxyl groups is 2. The van der Waals surface area contributed by atoms with E-state index in [9.17, 15) is 9.90 Å². The van der Waals surface area contributed by atoms with Crippen LogP contribution in [-0.2, 0) is 0 Å². The highest BCUT2D eigenvalue weighted by Gasteiger charge is 2.10. The van der Waals surface area contributed by atoms with Gasteiger partial charge >= 0.3 is 0 Å². The molecule has 4 nitrogen and oxygen atoms in total. The summed E-state index contributed by atoms with van der Waals surface area (Å²) >= 11 is 5.91. The number of phenols is 2. The summed E-state index contributed by atoms with van der Waals surface area (Å²) in [5.74, 6) is -1.04. The summed E-state index contributed by atoms with van der Waals surface area (Å²) in [5.41, 5.74) is 0.710. The lowest BCUT2D eigenvalue weighted by Crippen LogP contribution is -2.11. The number of carbonyl (C=O) groups excluding carboxylic acids is 1. The van der Waals surface area contributed by atoms with E-state index >= 15 is 0 Å². The average Bonchev–Trinajstić information content (AvgIpc) is 2.35. The summed E-state index contributed by atoms with van der Waals surface area (Å²) in [6, 6.07) is 10.7. The van der Waals surface area contributed by atoms with Gasteiger partial charge in [0.2, 0.25) is 0 Å². The van der Waals surface area contributed by atoms with Crippen LogP contribution < -0.4 is 5.32 Å². The van der Waals surface area contributed by atoms with E-state index in [2.05, 4.69) is 5.32 Å². The van der Waals surface area contributed by atoms with Crippen molar-refractivity contribution in [1.29, 1.82) is 0 Å². The Kier molecular flexibility index (Phi) is 3.39. The standard InChI is InChI=1S/C13H10ClNO3/c14-9-3-1-2-4-10(9)15-13(18)8-5-6-11(16)12(17)7-8/h1-7,16-17H,(H,15,18). The molecule has 1 amide bonds. The maximum atomic E-state index is 11.9. The molecule has 0 heterocycles. The second-order valence-electron chi connectivity index (χ2n) is 3.64. The number of carbonyl (C=O) groups is 1. The highest BCUT2D eigenvalue weighted by Crippen LogP contribution is 2.26. The number of hydrogen-bond acceptors (Lipinski definition) is 3. The largest absolute Gasteiger partial charge is 0.504 e. The highest BCUT2D eigenvalue weighted by molar-refractivity contribution is 6.33. The second-order valence-corrected chi connectivity index (χ2v) is 4.04. The number of benzene rings is 2. The molecule has 0 saturated heterocycles. The third-order valence-electron chi connectivity index (χ3n) is 2.36. The minimum atomic E-state index is -0.418. The fourth-order valence-corrected chi connectivity index (χ4v) is 1.60. The molecular formula is C13H10ClNO3. The lowest BCUT2D eigenvalue weighted by molar-refractivity contribution is 0.102. The number of nitrogens with one attached hydrogen (secondary N) is 1. The maximum absolute atomic E-state index is 11.9. The minimum absolute atomic E-state index is 0.227. The van der Waals surface area contributed by atoms with E-state index in [4.69, 9.17) is 16.7 Å². The first-order valence-corrected chi connectivity index (χ1v) is 5.53. The molecule has 5 heteroatoms. The van der Waals surface area contributed by atoms with Crippen LogP contribution in [0.15, 0.2) is 42.5 Å². The fraction of sp³-hybridized carbons (Fsp3) is 0. The van der Waals surface area contributed by atoms with Gasteiger partial charge in [0.05, 0.1) is 10.7 Å². The summed E-state index contributed by atoms with van der Waals surface area (Å²) in [5, 5.41) is 21.5. The zero-order valence-corrected chi connectivity index (χ0v) is 9.98. The third-order valence-corrected chi connectivity index (χ3v) is 2.69. The van der Waals surface area contributed by atoms with E-state index in [0.717, 1.165) is 0 Å². The van der Waals surface area contributed by atoms with Crippen LogP contribution in [0.1, 0.15) is 10.4 Å². The van der Waals surface area contributed by atoms with Crippen molar-refractivity contribution in [2.45, 2.75) is 0 Å². The van der Waals surface area contributed by atoms with Gasteiger partial charge < -0.3 is 15.5 Å². The molecule has 92 valence electrons. The van der Waals surface area contributed by atoms with Crippen molar-refractivity contribution < 1.29 is 15.0 Å². The van der Waals surface area contributed by atoms with Crippen molar-refractivity contribution in [3.63, 3.8) is 0 Å². The van der Waals surface area contributed by atoms with Crippen molar-refractivity contribution in [3.8, 4) is 11.5 Å². The van der Waals surface area contributed by atoms with Crippen molar-refractivity contribution in [2.24, 2.45) is 0 Å². The first-order valence-electron chi connectivity index (χ1n) is 5.16. The number of rotatable bonds is 2. The summed E-state index contributed by atoms with van der Waals surface area (Å²) in [6.45, 7) is 0. The molecular weight excluding hydrogens is 254 g/mol. The van der Waals surface area contributed by atoms with Gasteiger partial charge in [-0.2, -0.15) is 0 Å². The number of hydrogen-bond donors (Lipinski definition) is 3. The Morgan fingerprint density at radius 2 is 1.78 bits per heavy atom. The van der Waals surface area contributed by atoms with Crippen molar-refractivity contribution in [2.75, 3.05) is 5.32 Å². The molecule has 2 rings (SSSR count). The van der Waals surface area contributed by atoms with E-state index in [0.29, 0.717) is 10.7 Å². The van der Waals surface area contributed by atoms with Gasteiger partial charge in [-0.3, -0.25) is 4.79 Å². The van der Waals surface area contributed by atoms with Crippen molar-refractivity contribution in [3.05, 3.63) is 53.1 Å². The topological polar surface area (TPSA) is 69.6 Å². The fourth-order valence-electron chi connectivity index (χ4n) is 1.42. The van der Waals surface area contributed by atoms with Gasteiger partial charge in [0.25, 0.3) is 5.91 Å². The lowest BCUT2D eigenvalue weighted by atomic mass is 10.2. The van der Waals surface area contributed by atoms with Crippen LogP contribution in [0.4, 0.5) is 5.69 Å². The summed E-state index contributed by atoms with van der Waals surface area (Å²) in [6.07, 6.45) is 0. The van der Waals surface area contributed by atoms with E-state index < -0.39 is 5.91 Å². The molecule has 0 unspecified atom stereocenters. The molecule has 0 atom stereocenters. The number of anilines is 1. The van der Waals surface area contributed by atoms with Crippen LogP contribution in [0.25, 0.3) is 0 Å². The molecule has 0 bridgehead atoms. The van der Waals surface area contributed by atoms with E-state index in [1.165, 1.54) is 18.2 Å². The van der Waals surface area contributed by atoms with E-state index in [1.807, 2.05) is 0 Å². The van der Waals surface area contributed by atoms with Crippen molar-refractivity contribution in [1.82, 2.24) is 0 Å². The van der Waals surface area contributed by atoms with Gasteiger partial charge in [-0.25, -0.2) is 0 Å². The zero-order valence-electron chi connectivity index (χ0n) is 9.22. The maximum Gasteiger partial charge on any atom is 0.255 e. The predicted molar refractivity (Wildman–Crippen MR) is 69.2 cm³/mol. The number of para-hydroxylation sites is 1. The monoisotopic (exact) mass is 263 g/mol. The molecule has 0 spiro atoms. The average molecular weight is 264 g/mol. The van der Waals surface area contributed by atoms with Gasteiger partial charge in [0.15, 0.2) is 11.5 Å². The molecule has 2 aromatic carbocycles. The quantitative estimate of drug-likeness (QED) is 0.730. The second kappa shape index (κ2) is 4.98. The smallest absolute Gasteiger partial charge is 0.255 e. The van der Waals surface area contributed by atoms with Crippen LogP contribution >= 0.6 is 11.6 Å². The molecule has 0 aliphatic carbocycles. The van der Waals surface area contributed by atoms with Gasteiger partial charge in [-0.05, 0) is 30.3 Å². The van der Waals surface area contributed by atoms with Crippen LogP contribution in [0.5, 0.6) is 11.5 Å². The number of amides is 1. The Bertz CT molecular complexity index is 599. The first-order chi connectivity index (χ1) is 8.58. The molecule has 0 saturated carbocycles. The summed E-state index contributed by atoms with van der Waals surface area (Å²) in [4.78, 5) is 11.9. The first kappa shape index (κ1) is 12.3. The van der Waals surface area contributed by atoms with Gasteiger partial charge in [-0.1, -0.05) is 23.7 Å². The van der Waals surface area contributed by atoms with Gasteiger partial charge in [0, 0.05) is 5.56 Å². The Morgan fingerprint density at radius 3 is 2.44 bits per heavy atom. The molecule has 0 aliphatic rings. The summed E-state index contributed by atoms with van der Waals surface area (Å²) in [7, 11) is 0. The molecule has 0 fully saturated rings. The zero-order chi connectivity index (χ0) is 13.1. The van der Waals surface area contributed by atoms with E-state index in [1.54, 1.807) is 24.3 Å². The molecule has 0 aliphatic heterocycles. The molecule has 0 radical (unpaired) electrons. The molecule has 0 aromatic heterocycles. The summed E-state index contributed by atoms with van der Waals surface area (Å²) < 4.78 is 0. The predicted octanol–water partition coefficient (Wildman–Crippen LogP) is 3.00. The van der Waals surface area contributed by atoms with Crippen LogP contribution in [-0.4, -0.2) is 16.1 Å². The van der Waals surface area contributed by atoms with Crippen LogP contribution in [0.2, 0.25) is 5.02 Å². The van der Waals surface area contributed by atoms with Crippen LogP contribution in [0, 0.1) is 0 Å². The Labute approximate surface area is 108 Å². The normalized spacial score (nSPS) is 10.1. The molecule has 2 aromatic rings. The Hall–Kier alpha value is -2.20. The van der Waals surface area contributed by atoms with E-state index in [-0.39, 0.29) is 17.1 Å². The molecule has 18 heavy (non-hydrogen) atoms. The SMILES string of the molecule is O=C(Nc1ccccc1Cl)c1ccc(O)c(O)c1. The highest BCUT2D eigenvalue weighted by atomic mass is 35.5. The lowest BCUT2D eigenvalue weighted by Gasteiger charge is -2.07. The third kappa shape index (κ3) is 2.55. The van der Waals surface area contributed by atoms with Crippen molar-refractivity contribution >= 4 is 23.2 Å². The Balaban J connectivity index is 2.22. The Morgan fingerprint density at radius 1 is 1.06 bits per heavy atom. The number of halogens is 1. The number of phenolic OH excluding ortho intramolecular Hbond substituents is 2. The van der Waals surface area contributed by atoms with Gasteiger partial charge in [-0.15, -0.1) is 0 Å². The molecule has 3 N–H and O–H groups in total. The minimum Gasteiger partial charge on any atom is -0.504 e. The van der Waals surface area contributed by atoms with Gasteiger partial charge in [0.1, 0.15) is 0 Å². The van der Waals surface area contributed by atoms with Crippen LogP contribution in [0.3, 0.4) is 0 Å².